The van der Waals surface area contributed by atoms with Gasteiger partial charge in [0.2, 0.25) is 0 Å². The van der Waals surface area contributed by atoms with E-state index < -0.39 is 8.07 Å². The third-order valence-corrected chi connectivity index (χ3v) is 19.6. The van der Waals surface area contributed by atoms with Crippen molar-refractivity contribution >= 4 is 59.3 Å². The van der Waals surface area contributed by atoms with Gasteiger partial charge in [-0.3, -0.25) is 0 Å². The van der Waals surface area contributed by atoms with Crippen molar-refractivity contribution in [2.45, 2.75) is 91.1 Å². The first kappa shape index (κ1) is 20.5. The summed E-state index contributed by atoms with van der Waals surface area (Å²) in [6.07, 6.45) is 11.5. The van der Waals surface area contributed by atoms with Gasteiger partial charge in [-0.2, -0.15) is 0 Å². The fourth-order valence-electron chi connectivity index (χ4n) is 4.59. The molecule has 0 N–H and O–H groups in total. The zero-order valence-corrected chi connectivity index (χ0v) is 22.2. The second-order valence-electron chi connectivity index (χ2n) is 7.90. The predicted octanol–water partition coefficient (Wildman–Crippen LogP) is 5.12. The molecule has 0 saturated heterocycles. The van der Waals surface area contributed by atoms with Gasteiger partial charge in [0.15, 0.2) is 0 Å². The van der Waals surface area contributed by atoms with E-state index in [1.54, 1.807) is 19.2 Å². The van der Waals surface area contributed by atoms with Crippen LogP contribution in [0.5, 0.6) is 0 Å². The van der Waals surface area contributed by atoms with Crippen LogP contribution in [-0.2, 0) is 0 Å². The molecule has 2 aromatic heterocycles. The first-order valence-electron chi connectivity index (χ1n) is 10.3. The standard InChI is InChI=1S/C22H34SiTe2/c1-5-7-9-11-13-23(14-12-10-8-6-2)19-15-17(3)24-21(19)22-20(23)16-18(4)25-22/h15-16H,5-14H2,1-4H3. The van der Waals surface area contributed by atoms with Crippen molar-refractivity contribution in [2.75, 3.05) is 0 Å². The summed E-state index contributed by atoms with van der Waals surface area (Å²) in [6.45, 7) is 9.56. The molecule has 3 heterocycles. The van der Waals surface area contributed by atoms with E-state index in [-0.39, 0.29) is 40.9 Å². The van der Waals surface area contributed by atoms with Gasteiger partial charge in [0.1, 0.15) is 0 Å². The van der Waals surface area contributed by atoms with Gasteiger partial charge in [-0.05, 0) is 0 Å². The Kier molecular flexibility index (Phi) is 7.62. The molecule has 0 aliphatic carbocycles. The van der Waals surface area contributed by atoms with Crippen LogP contribution in [0, 0.1) is 13.8 Å². The van der Waals surface area contributed by atoms with Crippen LogP contribution in [0.1, 0.15) is 72.4 Å². The molecule has 0 saturated carbocycles. The van der Waals surface area contributed by atoms with Gasteiger partial charge in [0, 0.05) is 0 Å². The summed E-state index contributed by atoms with van der Waals surface area (Å²) in [5.41, 5.74) is 0. The van der Waals surface area contributed by atoms with E-state index >= 15 is 0 Å². The molecule has 3 rings (SSSR count). The molecule has 0 spiro atoms. The number of aryl methyl sites for hydroxylation is 2. The molecule has 1 aliphatic rings. The van der Waals surface area contributed by atoms with E-state index in [0.29, 0.717) is 0 Å². The molecule has 138 valence electrons. The number of unbranched alkanes of at least 4 members (excludes halogenated alkanes) is 6. The Bertz CT molecular complexity index is 635. The maximum absolute atomic E-state index is 2.72. The number of rotatable bonds is 10. The molecule has 0 nitrogen and oxygen atoms in total. The maximum atomic E-state index is 2.72. The molecule has 0 amide bonds. The Balaban J connectivity index is 1.93. The topological polar surface area (TPSA) is 0 Å². The normalized spacial score (nSPS) is 14.7. The summed E-state index contributed by atoms with van der Waals surface area (Å²) >= 11 is -0.0109. The Hall–Kier alpha value is 0.756. The van der Waals surface area contributed by atoms with Crippen LogP contribution in [0.4, 0.5) is 0 Å². The Labute approximate surface area is 175 Å². The second-order valence-corrected chi connectivity index (χ2v) is 19.3. The van der Waals surface area contributed by atoms with Crippen LogP contribution < -0.4 is 10.4 Å². The molecule has 1 aliphatic heterocycles. The Morgan fingerprint density at radius 2 is 1.12 bits per heavy atom. The van der Waals surface area contributed by atoms with Gasteiger partial charge >= 0.3 is 177 Å². The quantitative estimate of drug-likeness (QED) is 0.270. The van der Waals surface area contributed by atoms with Gasteiger partial charge in [0.05, 0.1) is 0 Å². The van der Waals surface area contributed by atoms with Crippen molar-refractivity contribution in [1.29, 1.82) is 0 Å². The molecule has 0 radical (unpaired) electrons. The van der Waals surface area contributed by atoms with Gasteiger partial charge in [-0.15, -0.1) is 0 Å². The van der Waals surface area contributed by atoms with E-state index in [4.69, 9.17) is 0 Å². The second kappa shape index (κ2) is 9.30. The van der Waals surface area contributed by atoms with Crippen LogP contribution in [0.15, 0.2) is 12.1 Å². The zero-order valence-electron chi connectivity index (χ0n) is 16.5. The van der Waals surface area contributed by atoms with Crippen molar-refractivity contribution < 1.29 is 0 Å². The minimum atomic E-state index is -1.40. The molecule has 0 bridgehead atoms. The average molecular weight is 582 g/mol. The molecule has 0 atom stereocenters. The fraction of sp³-hybridized carbons (Fsp3) is 0.636. The number of hydrogen-bond donors (Lipinski definition) is 0. The third-order valence-electron chi connectivity index (χ3n) is 5.86. The summed E-state index contributed by atoms with van der Waals surface area (Å²) in [4.78, 5) is 0. The molecular weight excluding hydrogens is 548 g/mol. The van der Waals surface area contributed by atoms with Crippen molar-refractivity contribution in [1.82, 2.24) is 0 Å². The van der Waals surface area contributed by atoms with Crippen LogP contribution in [0.25, 0.3) is 7.16 Å². The SMILES string of the molecule is CCCCCC[Si]1(CCCCCC)c2cc(C)[te]c2-c2[te]c(C)cc21. The summed E-state index contributed by atoms with van der Waals surface area (Å²) in [7, 11) is -1.40. The summed E-state index contributed by atoms with van der Waals surface area (Å²) in [5, 5.41) is 3.94. The van der Waals surface area contributed by atoms with E-state index in [1.165, 1.54) is 51.4 Å². The first-order valence-corrected chi connectivity index (χ1v) is 17.4. The summed E-state index contributed by atoms with van der Waals surface area (Å²) in [6, 6.07) is 8.56. The Morgan fingerprint density at radius 3 is 1.52 bits per heavy atom. The summed E-state index contributed by atoms with van der Waals surface area (Å²) < 4.78 is 7.51. The molecule has 0 unspecified atom stereocenters. The van der Waals surface area contributed by atoms with Gasteiger partial charge in [0.25, 0.3) is 0 Å². The first-order chi connectivity index (χ1) is 12.1. The Morgan fingerprint density at radius 1 is 0.680 bits per heavy atom. The van der Waals surface area contributed by atoms with Crippen molar-refractivity contribution in [3.63, 3.8) is 0 Å². The third kappa shape index (κ3) is 4.28. The molecular formula is C22H34SiTe2. The van der Waals surface area contributed by atoms with E-state index in [1.807, 2.05) is 17.5 Å². The molecule has 2 aromatic rings. The fourth-order valence-corrected chi connectivity index (χ4v) is 21.8. The van der Waals surface area contributed by atoms with Crippen molar-refractivity contribution in [3.8, 4) is 7.16 Å². The van der Waals surface area contributed by atoms with E-state index in [0.717, 1.165) is 0 Å². The van der Waals surface area contributed by atoms with E-state index in [2.05, 4.69) is 39.8 Å². The average Bonchev–Trinajstić information content (AvgIpc) is 3.21. The van der Waals surface area contributed by atoms with Crippen molar-refractivity contribution in [3.05, 3.63) is 19.3 Å². The monoisotopic (exact) mass is 586 g/mol. The van der Waals surface area contributed by atoms with Gasteiger partial charge < -0.3 is 0 Å². The zero-order chi connectivity index (χ0) is 17.9. The van der Waals surface area contributed by atoms with Crippen LogP contribution in [0.2, 0.25) is 12.1 Å². The minimum absolute atomic E-state index is 0.00546. The van der Waals surface area contributed by atoms with Crippen LogP contribution in [0.3, 0.4) is 0 Å². The van der Waals surface area contributed by atoms with Crippen molar-refractivity contribution in [2.24, 2.45) is 0 Å². The predicted molar refractivity (Wildman–Crippen MR) is 118 cm³/mol. The van der Waals surface area contributed by atoms with Gasteiger partial charge in [-0.1, -0.05) is 0 Å². The number of fused-ring (bicyclic) bond motifs is 3. The van der Waals surface area contributed by atoms with Gasteiger partial charge in [-0.25, -0.2) is 0 Å². The molecule has 25 heavy (non-hydrogen) atoms. The van der Waals surface area contributed by atoms with E-state index in [9.17, 15) is 0 Å². The van der Waals surface area contributed by atoms with Crippen LogP contribution >= 0.6 is 0 Å². The van der Waals surface area contributed by atoms with Crippen LogP contribution in [-0.4, -0.2) is 48.9 Å². The summed E-state index contributed by atoms with van der Waals surface area (Å²) in [5.74, 6) is 0. The molecule has 0 fully saturated rings. The molecule has 3 heteroatoms. The molecule has 0 aromatic carbocycles. The number of hydrogen-bond acceptors (Lipinski definition) is 0.